The fourth-order valence-electron chi connectivity index (χ4n) is 2.05. The molecule has 1 N–H and O–H groups in total. The highest BCUT2D eigenvalue weighted by Crippen LogP contribution is 2.27. The van der Waals surface area contributed by atoms with Crippen LogP contribution in [0.25, 0.3) is 11.5 Å². The van der Waals surface area contributed by atoms with Crippen molar-refractivity contribution in [3.05, 3.63) is 59.9 Å². The van der Waals surface area contributed by atoms with Crippen molar-refractivity contribution in [1.29, 1.82) is 0 Å². The molecule has 1 aromatic heterocycles. The molecule has 3 aromatic rings. The minimum Gasteiger partial charge on any atom is -0.497 e. The lowest BCUT2D eigenvalue weighted by Gasteiger charge is -2.09. The molecule has 124 valence electrons. The van der Waals surface area contributed by atoms with Gasteiger partial charge in [-0.2, -0.15) is 0 Å². The first-order valence-electron chi connectivity index (χ1n) is 7.20. The number of rotatable bonds is 6. The Morgan fingerprint density at radius 3 is 2.50 bits per heavy atom. The molecule has 3 rings (SSSR count). The van der Waals surface area contributed by atoms with Gasteiger partial charge in [0, 0.05) is 11.3 Å². The summed E-state index contributed by atoms with van der Waals surface area (Å²) in [6.07, 6.45) is -0.665. The normalized spacial score (nSPS) is 12.1. The Balaban J connectivity index is 1.61. The van der Waals surface area contributed by atoms with Crippen molar-refractivity contribution < 1.29 is 18.7 Å². The molecule has 7 heteroatoms. The summed E-state index contributed by atoms with van der Waals surface area (Å²) in [5.41, 5.74) is 1.42. The second kappa shape index (κ2) is 7.46. The fraction of sp³-hybridized carbons (Fsp3) is 0.176. The average Bonchev–Trinajstić information content (AvgIpc) is 3.09. The zero-order valence-electron chi connectivity index (χ0n) is 12.8. The lowest BCUT2D eigenvalue weighted by molar-refractivity contribution is 0.203. The van der Waals surface area contributed by atoms with Gasteiger partial charge in [-0.15, -0.1) is 10.2 Å². The maximum atomic E-state index is 12.9. The van der Waals surface area contributed by atoms with Gasteiger partial charge in [-0.25, -0.2) is 4.39 Å². The van der Waals surface area contributed by atoms with Gasteiger partial charge < -0.3 is 14.3 Å². The molecule has 0 bridgehead atoms. The molecule has 1 atom stereocenters. The number of thioether (sulfide) groups is 1. The third-order valence-electron chi connectivity index (χ3n) is 3.36. The number of hydrogen-bond donors (Lipinski definition) is 1. The Morgan fingerprint density at radius 1 is 1.12 bits per heavy atom. The molecule has 0 aliphatic carbocycles. The van der Waals surface area contributed by atoms with E-state index in [1.54, 1.807) is 31.4 Å². The van der Waals surface area contributed by atoms with Crippen LogP contribution in [0.2, 0.25) is 0 Å². The zero-order chi connectivity index (χ0) is 16.9. The summed E-state index contributed by atoms with van der Waals surface area (Å²) in [5, 5.41) is 18.4. The third-order valence-corrected chi connectivity index (χ3v) is 4.26. The van der Waals surface area contributed by atoms with Gasteiger partial charge in [-0.1, -0.05) is 23.9 Å². The number of aromatic nitrogens is 2. The largest absolute Gasteiger partial charge is 0.497 e. The van der Waals surface area contributed by atoms with E-state index in [1.807, 2.05) is 12.1 Å². The summed E-state index contributed by atoms with van der Waals surface area (Å²) in [5.74, 6) is 1.10. The summed E-state index contributed by atoms with van der Waals surface area (Å²) >= 11 is 1.26. The molecule has 24 heavy (non-hydrogen) atoms. The summed E-state index contributed by atoms with van der Waals surface area (Å²) in [6, 6.07) is 13.0. The number of aliphatic hydroxyl groups is 1. The first kappa shape index (κ1) is 16.5. The van der Waals surface area contributed by atoms with Crippen LogP contribution in [0.3, 0.4) is 0 Å². The SMILES string of the molecule is COc1ccc([C@@H](O)CSc2nnc(-c3ccc(F)cc3)o2)cc1. The second-order valence-corrected chi connectivity index (χ2v) is 5.95. The van der Waals surface area contributed by atoms with E-state index in [2.05, 4.69) is 10.2 Å². The van der Waals surface area contributed by atoms with Gasteiger partial charge in [0.1, 0.15) is 11.6 Å². The molecule has 0 unspecified atom stereocenters. The predicted octanol–water partition coefficient (Wildman–Crippen LogP) is 3.71. The number of ether oxygens (including phenoxy) is 1. The Hall–Kier alpha value is -2.38. The van der Waals surface area contributed by atoms with Gasteiger partial charge in [0.15, 0.2) is 0 Å². The van der Waals surface area contributed by atoms with Crippen LogP contribution in [0.4, 0.5) is 4.39 Å². The Labute approximate surface area is 142 Å². The van der Waals surface area contributed by atoms with E-state index in [9.17, 15) is 9.50 Å². The summed E-state index contributed by atoms with van der Waals surface area (Å²) in [4.78, 5) is 0. The van der Waals surface area contributed by atoms with Gasteiger partial charge >= 0.3 is 0 Å². The summed E-state index contributed by atoms with van der Waals surface area (Å²) in [6.45, 7) is 0. The lowest BCUT2D eigenvalue weighted by atomic mass is 10.1. The molecule has 0 spiro atoms. The van der Waals surface area contributed by atoms with Crippen molar-refractivity contribution in [2.75, 3.05) is 12.9 Å². The Kier molecular flexibility index (Phi) is 5.12. The van der Waals surface area contributed by atoms with Crippen LogP contribution < -0.4 is 4.74 Å². The van der Waals surface area contributed by atoms with Gasteiger partial charge in [-0.3, -0.25) is 0 Å². The molecule has 1 heterocycles. The summed E-state index contributed by atoms with van der Waals surface area (Å²) < 4.78 is 23.5. The molecule has 2 aromatic carbocycles. The van der Waals surface area contributed by atoms with Crippen molar-refractivity contribution in [2.45, 2.75) is 11.3 Å². The molecular weight excluding hydrogens is 331 g/mol. The van der Waals surface area contributed by atoms with Gasteiger partial charge in [0.2, 0.25) is 5.89 Å². The molecule has 0 fully saturated rings. The zero-order valence-corrected chi connectivity index (χ0v) is 13.7. The third kappa shape index (κ3) is 3.93. The minimum atomic E-state index is -0.665. The van der Waals surface area contributed by atoms with Crippen LogP contribution in [0.5, 0.6) is 5.75 Å². The van der Waals surface area contributed by atoms with E-state index in [4.69, 9.17) is 9.15 Å². The highest BCUT2D eigenvalue weighted by Gasteiger charge is 2.13. The van der Waals surface area contributed by atoms with E-state index >= 15 is 0 Å². The lowest BCUT2D eigenvalue weighted by Crippen LogP contribution is -2.00. The standard InChI is InChI=1S/C17H15FN2O3S/c1-22-14-8-4-11(5-9-14)15(21)10-24-17-20-19-16(23-17)12-2-6-13(18)7-3-12/h2-9,15,21H,10H2,1H3/t15-/m0/s1. The highest BCUT2D eigenvalue weighted by atomic mass is 32.2. The number of benzene rings is 2. The molecule has 0 aliphatic rings. The number of aliphatic hydroxyl groups excluding tert-OH is 1. The van der Waals surface area contributed by atoms with Crippen molar-refractivity contribution in [1.82, 2.24) is 10.2 Å². The van der Waals surface area contributed by atoms with E-state index in [1.165, 1.54) is 23.9 Å². The second-order valence-electron chi connectivity index (χ2n) is 4.98. The van der Waals surface area contributed by atoms with Crippen molar-refractivity contribution >= 4 is 11.8 Å². The number of hydrogen-bond acceptors (Lipinski definition) is 6. The highest BCUT2D eigenvalue weighted by molar-refractivity contribution is 7.99. The maximum Gasteiger partial charge on any atom is 0.276 e. The van der Waals surface area contributed by atoms with E-state index in [-0.39, 0.29) is 5.82 Å². The fourth-order valence-corrected chi connectivity index (χ4v) is 2.78. The van der Waals surface area contributed by atoms with Crippen LogP contribution >= 0.6 is 11.8 Å². The maximum absolute atomic E-state index is 12.9. The first-order valence-corrected chi connectivity index (χ1v) is 8.18. The first-order chi connectivity index (χ1) is 11.7. The minimum absolute atomic E-state index is 0.316. The van der Waals surface area contributed by atoms with E-state index in [0.717, 1.165) is 11.3 Å². The van der Waals surface area contributed by atoms with Gasteiger partial charge in [0.05, 0.1) is 13.2 Å². The Bertz CT molecular complexity index is 790. The number of methoxy groups -OCH3 is 1. The smallest absolute Gasteiger partial charge is 0.276 e. The molecule has 0 aliphatic heterocycles. The quantitative estimate of drug-likeness (QED) is 0.686. The molecular formula is C17H15FN2O3S. The summed E-state index contributed by atoms with van der Waals surface area (Å²) in [7, 11) is 1.59. The van der Waals surface area contributed by atoms with Crippen LogP contribution in [-0.2, 0) is 0 Å². The molecule has 0 amide bonds. The monoisotopic (exact) mass is 346 g/mol. The molecule has 5 nitrogen and oxygen atoms in total. The van der Waals surface area contributed by atoms with Crippen molar-refractivity contribution in [3.63, 3.8) is 0 Å². The number of halogens is 1. The van der Waals surface area contributed by atoms with Gasteiger partial charge in [0.25, 0.3) is 5.22 Å². The predicted molar refractivity (Wildman–Crippen MR) is 88.4 cm³/mol. The topological polar surface area (TPSA) is 68.4 Å². The van der Waals surface area contributed by atoms with E-state index in [0.29, 0.717) is 22.4 Å². The number of nitrogens with zero attached hydrogens (tertiary/aromatic N) is 2. The van der Waals surface area contributed by atoms with Crippen LogP contribution in [-0.4, -0.2) is 28.2 Å². The van der Waals surface area contributed by atoms with Crippen LogP contribution in [0, 0.1) is 5.82 Å². The Morgan fingerprint density at radius 2 is 1.83 bits per heavy atom. The average molecular weight is 346 g/mol. The van der Waals surface area contributed by atoms with Crippen molar-refractivity contribution in [3.8, 4) is 17.2 Å². The molecule has 0 saturated carbocycles. The van der Waals surface area contributed by atoms with Crippen LogP contribution in [0.15, 0.2) is 58.2 Å². The van der Waals surface area contributed by atoms with Crippen LogP contribution in [0.1, 0.15) is 11.7 Å². The van der Waals surface area contributed by atoms with Crippen molar-refractivity contribution in [2.24, 2.45) is 0 Å². The molecule has 0 radical (unpaired) electrons. The van der Waals surface area contributed by atoms with Gasteiger partial charge in [-0.05, 0) is 42.0 Å². The molecule has 0 saturated heterocycles. The van der Waals surface area contributed by atoms with E-state index < -0.39 is 6.10 Å².